The van der Waals surface area contributed by atoms with Crippen LogP contribution in [0.25, 0.3) is 0 Å². The first kappa shape index (κ1) is 8.43. The van der Waals surface area contributed by atoms with Crippen molar-refractivity contribution in [2.75, 3.05) is 13.2 Å². The minimum atomic E-state index is -0.894. The SMILES string of the molecule is O=C1C=CCCC1(CO)CO. The molecule has 0 saturated heterocycles. The topological polar surface area (TPSA) is 57.5 Å². The highest BCUT2D eigenvalue weighted by atomic mass is 16.3. The summed E-state index contributed by atoms with van der Waals surface area (Å²) >= 11 is 0. The fourth-order valence-corrected chi connectivity index (χ4v) is 1.21. The van der Waals surface area contributed by atoms with Crippen LogP contribution < -0.4 is 0 Å². The zero-order valence-corrected chi connectivity index (χ0v) is 6.29. The van der Waals surface area contributed by atoms with Gasteiger partial charge >= 0.3 is 0 Å². The van der Waals surface area contributed by atoms with Crippen molar-refractivity contribution in [1.29, 1.82) is 0 Å². The molecule has 0 saturated carbocycles. The normalized spacial score (nSPS) is 22.2. The van der Waals surface area contributed by atoms with Crippen LogP contribution in [0.15, 0.2) is 12.2 Å². The summed E-state index contributed by atoms with van der Waals surface area (Å²) in [6, 6.07) is 0. The first-order valence-electron chi connectivity index (χ1n) is 3.68. The molecule has 1 rings (SSSR count). The molecule has 0 amide bonds. The summed E-state index contributed by atoms with van der Waals surface area (Å²) in [4.78, 5) is 11.2. The van der Waals surface area contributed by atoms with Crippen molar-refractivity contribution in [3.63, 3.8) is 0 Å². The zero-order chi connectivity index (χ0) is 8.32. The molecule has 62 valence electrons. The highest BCUT2D eigenvalue weighted by Crippen LogP contribution is 2.28. The maximum absolute atomic E-state index is 11.2. The first-order chi connectivity index (χ1) is 5.25. The minimum absolute atomic E-state index is 0.159. The fraction of sp³-hybridized carbons (Fsp3) is 0.625. The van der Waals surface area contributed by atoms with Crippen molar-refractivity contribution in [3.8, 4) is 0 Å². The molecule has 3 heteroatoms. The van der Waals surface area contributed by atoms with Crippen LogP contribution in [0.3, 0.4) is 0 Å². The second kappa shape index (κ2) is 3.15. The quantitative estimate of drug-likeness (QED) is 0.586. The molecule has 0 aliphatic heterocycles. The van der Waals surface area contributed by atoms with E-state index in [1.165, 1.54) is 6.08 Å². The van der Waals surface area contributed by atoms with Gasteiger partial charge in [0, 0.05) is 0 Å². The van der Waals surface area contributed by atoms with Gasteiger partial charge in [-0.1, -0.05) is 6.08 Å². The lowest BCUT2D eigenvalue weighted by Gasteiger charge is -2.28. The molecule has 0 atom stereocenters. The van der Waals surface area contributed by atoms with Gasteiger partial charge < -0.3 is 10.2 Å². The third-order valence-corrected chi connectivity index (χ3v) is 2.19. The lowest BCUT2D eigenvalue weighted by Crippen LogP contribution is -2.39. The van der Waals surface area contributed by atoms with Crippen molar-refractivity contribution in [3.05, 3.63) is 12.2 Å². The number of aliphatic hydroxyl groups excluding tert-OH is 2. The van der Waals surface area contributed by atoms with Crippen molar-refractivity contribution in [1.82, 2.24) is 0 Å². The Morgan fingerprint density at radius 2 is 2.09 bits per heavy atom. The summed E-state index contributed by atoms with van der Waals surface area (Å²) in [5, 5.41) is 17.8. The predicted octanol–water partition coefficient (Wildman–Crippen LogP) is -0.124. The largest absolute Gasteiger partial charge is 0.395 e. The molecule has 0 heterocycles. The van der Waals surface area contributed by atoms with Gasteiger partial charge in [-0.2, -0.15) is 0 Å². The number of carbonyl (C=O) groups is 1. The van der Waals surface area contributed by atoms with Gasteiger partial charge in [-0.15, -0.1) is 0 Å². The van der Waals surface area contributed by atoms with Crippen molar-refractivity contribution < 1.29 is 15.0 Å². The van der Waals surface area contributed by atoms with E-state index in [4.69, 9.17) is 10.2 Å². The van der Waals surface area contributed by atoms with E-state index >= 15 is 0 Å². The maximum atomic E-state index is 11.2. The van der Waals surface area contributed by atoms with Crippen molar-refractivity contribution in [2.24, 2.45) is 5.41 Å². The number of rotatable bonds is 2. The predicted molar refractivity (Wildman–Crippen MR) is 40.0 cm³/mol. The average Bonchev–Trinajstić information content (AvgIpc) is 2.06. The molecule has 11 heavy (non-hydrogen) atoms. The molecule has 0 aromatic rings. The van der Waals surface area contributed by atoms with E-state index in [1.807, 2.05) is 0 Å². The van der Waals surface area contributed by atoms with Crippen LogP contribution in [0.5, 0.6) is 0 Å². The van der Waals surface area contributed by atoms with Gasteiger partial charge in [-0.05, 0) is 18.9 Å². The molecule has 3 nitrogen and oxygen atoms in total. The summed E-state index contributed by atoms with van der Waals surface area (Å²) in [6.45, 7) is -0.515. The molecule has 0 bridgehead atoms. The number of hydrogen-bond donors (Lipinski definition) is 2. The Bertz CT molecular complexity index is 180. The molecular weight excluding hydrogens is 144 g/mol. The van der Waals surface area contributed by atoms with Crippen LogP contribution in [-0.2, 0) is 4.79 Å². The van der Waals surface area contributed by atoms with E-state index in [0.29, 0.717) is 6.42 Å². The van der Waals surface area contributed by atoms with Crippen LogP contribution in [0, 0.1) is 5.41 Å². The van der Waals surface area contributed by atoms with Crippen LogP contribution in [0.2, 0.25) is 0 Å². The summed E-state index contributed by atoms with van der Waals surface area (Å²) in [6.07, 6.45) is 4.52. The van der Waals surface area contributed by atoms with E-state index in [1.54, 1.807) is 6.08 Å². The molecule has 1 aliphatic rings. The standard InChI is InChI=1S/C8H12O3/c9-5-8(6-10)4-2-1-3-7(8)11/h1,3,9-10H,2,4-6H2. The molecule has 0 aromatic carbocycles. The molecule has 0 aromatic heterocycles. The van der Waals surface area contributed by atoms with Gasteiger partial charge in [0.1, 0.15) is 0 Å². The third kappa shape index (κ3) is 1.34. The minimum Gasteiger partial charge on any atom is -0.395 e. The van der Waals surface area contributed by atoms with Gasteiger partial charge in [0.25, 0.3) is 0 Å². The highest BCUT2D eigenvalue weighted by Gasteiger charge is 2.36. The molecule has 0 radical (unpaired) electrons. The van der Waals surface area contributed by atoms with Crippen LogP contribution >= 0.6 is 0 Å². The van der Waals surface area contributed by atoms with E-state index in [0.717, 1.165) is 6.42 Å². The Morgan fingerprint density at radius 1 is 1.45 bits per heavy atom. The first-order valence-corrected chi connectivity index (χ1v) is 3.68. The molecular formula is C8H12O3. The van der Waals surface area contributed by atoms with Gasteiger partial charge in [0.15, 0.2) is 5.78 Å². The summed E-state index contributed by atoms with van der Waals surface area (Å²) in [5.41, 5.74) is -0.894. The Balaban J connectivity index is 2.82. The number of ketones is 1. The average molecular weight is 156 g/mol. The summed E-state index contributed by atoms with van der Waals surface area (Å²) in [7, 11) is 0. The summed E-state index contributed by atoms with van der Waals surface area (Å²) < 4.78 is 0. The van der Waals surface area contributed by atoms with Gasteiger partial charge in [-0.3, -0.25) is 4.79 Å². The van der Waals surface area contributed by atoms with E-state index < -0.39 is 5.41 Å². The number of allylic oxidation sites excluding steroid dienone is 2. The van der Waals surface area contributed by atoms with Gasteiger partial charge in [0.05, 0.1) is 18.6 Å². The summed E-state index contributed by atoms with van der Waals surface area (Å²) in [5.74, 6) is -0.159. The van der Waals surface area contributed by atoms with Crippen LogP contribution in [0.1, 0.15) is 12.8 Å². The lowest BCUT2D eigenvalue weighted by molar-refractivity contribution is -0.130. The Labute approximate surface area is 65.3 Å². The van der Waals surface area contributed by atoms with Crippen LogP contribution in [0.4, 0.5) is 0 Å². The van der Waals surface area contributed by atoms with Gasteiger partial charge in [0.2, 0.25) is 0 Å². The van der Waals surface area contributed by atoms with Gasteiger partial charge in [-0.25, -0.2) is 0 Å². The zero-order valence-electron chi connectivity index (χ0n) is 6.29. The second-order valence-corrected chi connectivity index (χ2v) is 2.90. The number of aliphatic hydroxyl groups is 2. The van der Waals surface area contributed by atoms with E-state index in [2.05, 4.69) is 0 Å². The Hall–Kier alpha value is -0.670. The fourth-order valence-electron chi connectivity index (χ4n) is 1.21. The highest BCUT2D eigenvalue weighted by molar-refractivity contribution is 5.95. The molecule has 0 fully saturated rings. The van der Waals surface area contributed by atoms with Crippen molar-refractivity contribution in [2.45, 2.75) is 12.8 Å². The van der Waals surface area contributed by atoms with E-state index in [9.17, 15) is 4.79 Å². The number of carbonyl (C=O) groups excluding carboxylic acids is 1. The third-order valence-electron chi connectivity index (χ3n) is 2.19. The molecule has 1 aliphatic carbocycles. The smallest absolute Gasteiger partial charge is 0.166 e. The second-order valence-electron chi connectivity index (χ2n) is 2.90. The lowest BCUT2D eigenvalue weighted by atomic mass is 9.77. The molecule has 0 unspecified atom stereocenters. The van der Waals surface area contributed by atoms with E-state index in [-0.39, 0.29) is 19.0 Å². The van der Waals surface area contributed by atoms with Crippen LogP contribution in [-0.4, -0.2) is 29.2 Å². The maximum Gasteiger partial charge on any atom is 0.166 e. The molecule has 2 N–H and O–H groups in total. The Morgan fingerprint density at radius 3 is 2.45 bits per heavy atom. The number of hydrogen-bond acceptors (Lipinski definition) is 3. The Kier molecular flexibility index (Phi) is 2.42. The monoisotopic (exact) mass is 156 g/mol. The van der Waals surface area contributed by atoms with Crippen molar-refractivity contribution >= 4 is 5.78 Å². The molecule has 0 spiro atoms.